The summed E-state index contributed by atoms with van der Waals surface area (Å²) in [7, 11) is 0. The first-order valence-corrected chi connectivity index (χ1v) is 8.05. The van der Waals surface area contributed by atoms with Crippen LogP contribution < -0.4 is 10.7 Å². The van der Waals surface area contributed by atoms with E-state index in [1.807, 2.05) is 55.5 Å². The minimum Gasteiger partial charge on any atom is -0.344 e. The molecule has 2 N–H and O–H groups in total. The second-order valence-corrected chi connectivity index (χ2v) is 6.16. The molecular formula is C17H16IN3O2. The molecule has 0 heterocycles. The molecule has 5 nitrogen and oxygen atoms in total. The molecule has 0 spiro atoms. The Morgan fingerprint density at radius 2 is 1.70 bits per heavy atom. The highest BCUT2D eigenvalue weighted by atomic mass is 127. The van der Waals surface area contributed by atoms with E-state index in [4.69, 9.17) is 0 Å². The zero-order chi connectivity index (χ0) is 16.7. The number of amides is 2. The highest BCUT2D eigenvalue weighted by Gasteiger charge is 2.11. The number of carbonyl (C=O) groups is 2. The molecular weight excluding hydrogens is 405 g/mol. The van der Waals surface area contributed by atoms with Crippen LogP contribution in [-0.2, 0) is 16.1 Å². The minimum absolute atomic E-state index is 0.299. The molecule has 118 valence electrons. The van der Waals surface area contributed by atoms with Gasteiger partial charge in [0.05, 0.1) is 6.21 Å². The van der Waals surface area contributed by atoms with Crippen LogP contribution >= 0.6 is 22.6 Å². The Morgan fingerprint density at radius 1 is 1.04 bits per heavy atom. The highest BCUT2D eigenvalue weighted by Crippen LogP contribution is 2.04. The molecule has 2 rings (SSSR count). The lowest BCUT2D eigenvalue weighted by molar-refractivity contribution is -0.139. The molecule has 0 aromatic heterocycles. The van der Waals surface area contributed by atoms with E-state index in [-0.39, 0.29) is 0 Å². The minimum atomic E-state index is -0.793. The SMILES string of the molecule is Cc1ccc(CNC(=O)C(=O)N/N=C\c2ccc(I)cc2)cc1. The average Bonchev–Trinajstić information content (AvgIpc) is 2.55. The Kier molecular flexibility index (Phi) is 6.28. The molecule has 0 aliphatic rings. The number of hydrazone groups is 1. The summed E-state index contributed by atoms with van der Waals surface area (Å²) in [6, 6.07) is 15.3. The first kappa shape index (κ1) is 17.1. The summed E-state index contributed by atoms with van der Waals surface area (Å²) < 4.78 is 1.11. The number of rotatable bonds is 4. The molecule has 0 aliphatic carbocycles. The molecule has 0 saturated carbocycles. The lowest BCUT2D eigenvalue weighted by Crippen LogP contribution is -2.37. The number of nitrogens with one attached hydrogen (secondary N) is 2. The van der Waals surface area contributed by atoms with E-state index < -0.39 is 11.8 Å². The quantitative estimate of drug-likeness (QED) is 0.345. The lowest BCUT2D eigenvalue weighted by atomic mass is 10.1. The van der Waals surface area contributed by atoms with E-state index in [0.29, 0.717) is 6.54 Å². The summed E-state index contributed by atoms with van der Waals surface area (Å²) >= 11 is 2.20. The van der Waals surface area contributed by atoms with Crippen molar-refractivity contribution in [3.63, 3.8) is 0 Å². The molecule has 0 bridgehead atoms. The molecule has 2 amide bonds. The smallest absolute Gasteiger partial charge is 0.329 e. The van der Waals surface area contributed by atoms with Gasteiger partial charge in [0.25, 0.3) is 0 Å². The predicted molar refractivity (Wildman–Crippen MR) is 97.9 cm³/mol. The summed E-state index contributed by atoms with van der Waals surface area (Å²) in [6.07, 6.45) is 1.49. The van der Waals surface area contributed by atoms with Gasteiger partial charge in [0.1, 0.15) is 0 Å². The Bertz CT molecular complexity index is 710. The predicted octanol–water partition coefficient (Wildman–Crippen LogP) is 2.37. The van der Waals surface area contributed by atoms with Crippen molar-refractivity contribution in [2.24, 2.45) is 5.10 Å². The molecule has 6 heteroatoms. The summed E-state index contributed by atoms with van der Waals surface area (Å²) in [4.78, 5) is 23.3. The molecule has 0 unspecified atom stereocenters. The van der Waals surface area contributed by atoms with Crippen molar-refractivity contribution in [2.45, 2.75) is 13.5 Å². The Labute approximate surface area is 148 Å². The van der Waals surface area contributed by atoms with Gasteiger partial charge < -0.3 is 5.32 Å². The van der Waals surface area contributed by atoms with Crippen molar-refractivity contribution in [2.75, 3.05) is 0 Å². The third kappa shape index (κ3) is 5.82. The van der Waals surface area contributed by atoms with Crippen molar-refractivity contribution < 1.29 is 9.59 Å². The second kappa shape index (κ2) is 8.42. The van der Waals surface area contributed by atoms with Crippen LogP contribution in [0.4, 0.5) is 0 Å². The van der Waals surface area contributed by atoms with Crippen LogP contribution in [0, 0.1) is 10.5 Å². The van der Waals surface area contributed by atoms with Crippen LogP contribution in [-0.4, -0.2) is 18.0 Å². The molecule has 0 aliphatic heterocycles. The number of hydrogen-bond acceptors (Lipinski definition) is 3. The van der Waals surface area contributed by atoms with Crippen LogP contribution in [0.2, 0.25) is 0 Å². The first-order valence-electron chi connectivity index (χ1n) is 6.97. The maximum atomic E-state index is 11.7. The molecule has 0 atom stereocenters. The van der Waals surface area contributed by atoms with E-state index in [0.717, 1.165) is 20.3 Å². The van der Waals surface area contributed by atoms with E-state index in [1.165, 1.54) is 6.21 Å². The van der Waals surface area contributed by atoms with Gasteiger partial charge in [-0.1, -0.05) is 42.0 Å². The van der Waals surface area contributed by atoms with Crippen LogP contribution in [0.25, 0.3) is 0 Å². The van der Waals surface area contributed by atoms with Gasteiger partial charge in [0.2, 0.25) is 0 Å². The van der Waals surface area contributed by atoms with Gasteiger partial charge >= 0.3 is 11.8 Å². The zero-order valence-electron chi connectivity index (χ0n) is 12.5. The van der Waals surface area contributed by atoms with Crippen LogP contribution in [0.15, 0.2) is 53.6 Å². The van der Waals surface area contributed by atoms with Crippen LogP contribution in [0.3, 0.4) is 0 Å². The van der Waals surface area contributed by atoms with E-state index in [9.17, 15) is 9.59 Å². The van der Waals surface area contributed by atoms with Gasteiger partial charge in [-0.2, -0.15) is 5.10 Å². The van der Waals surface area contributed by atoms with Gasteiger partial charge in [-0.05, 0) is 52.8 Å². The summed E-state index contributed by atoms with van der Waals surface area (Å²) in [5.74, 6) is -1.51. The number of halogens is 1. The van der Waals surface area contributed by atoms with Crippen LogP contribution in [0.5, 0.6) is 0 Å². The van der Waals surface area contributed by atoms with Gasteiger partial charge in [0.15, 0.2) is 0 Å². The molecule has 0 fully saturated rings. The summed E-state index contributed by atoms with van der Waals surface area (Å²) in [5, 5.41) is 6.32. The molecule has 0 radical (unpaired) electrons. The second-order valence-electron chi connectivity index (χ2n) is 4.92. The van der Waals surface area contributed by atoms with Crippen molar-refractivity contribution in [1.29, 1.82) is 0 Å². The van der Waals surface area contributed by atoms with Gasteiger partial charge in [0, 0.05) is 10.1 Å². The van der Waals surface area contributed by atoms with Crippen molar-refractivity contribution in [3.8, 4) is 0 Å². The fraction of sp³-hybridized carbons (Fsp3) is 0.118. The first-order chi connectivity index (χ1) is 11.0. The Morgan fingerprint density at radius 3 is 2.35 bits per heavy atom. The van der Waals surface area contributed by atoms with Crippen molar-refractivity contribution in [3.05, 3.63) is 68.8 Å². The maximum absolute atomic E-state index is 11.7. The fourth-order valence-electron chi connectivity index (χ4n) is 1.73. The van der Waals surface area contributed by atoms with Gasteiger partial charge in [-0.25, -0.2) is 5.43 Å². The Balaban J connectivity index is 1.79. The highest BCUT2D eigenvalue weighted by molar-refractivity contribution is 14.1. The largest absolute Gasteiger partial charge is 0.344 e. The van der Waals surface area contributed by atoms with Crippen molar-refractivity contribution >= 4 is 40.6 Å². The summed E-state index contributed by atoms with van der Waals surface area (Å²) in [6.45, 7) is 2.29. The van der Waals surface area contributed by atoms with E-state index in [2.05, 4.69) is 38.4 Å². The van der Waals surface area contributed by atoms with Gasteiger partial charge in [-0.15, -0.1) is 0 Å². The molecule has 2 aromatic rings. The maximum Gasteiger partial charge on any atom is 0.329 e. The number of hydrogen-bond donors (Lipinski definition) is 2. The third-order valence-corrected chi connectivity index (χ3v) is 3.75. The monoisotopic (exact) mass is 421 g/mol. The molecule has 2 aromatic carbocycles. The molecule has 23 heavy (non-hydrogen) atoms. The zero-order valence-corrected chi connectivity index (χ0v) is 14.7. The number of benzene rings is 2. The summed E-state index contributed by atoms with van der Waals surface area (Å²) in [5.41, 5.74) is 5.12. The average molecular weight is 421 g/mol. The standard InChI is InChI=1S/C17H16IN3O2/c1-12-2-4-13(5-3-12)10-19-16(22)17(23)21-20-11-14-6-8-15(18)9-7-14/h2-9,11H,10H2,1H3,(H,19,22)(H,21,23)/b20-11-. The lowest BCUT2D eigenvalue weighted by Gasteiger charge is -2.04. The molecule has 0 saturated heterocycles. The van der Waals surface area contributed by atoms with E-state index in [1.54, 1.807) is 0 Å². The Hall–Kier alpha value is -2.22. The topological polar surface area (TPSA) is 70.6 Å². The number of carbonyl (C=O) groups excluding carboxylic acids is 2. The van der Waals surface area contributed by atoms with Crippen molar-refractivity contribution in [1.82, 2.24) is 10.7 Å². The van der Waals surface area contributed by atoms with Gasteiger partial charge in [-0.3, -0.25) is 9.59 Å². The normalized spacial score (nSPS) is 10.5. The number of aryl methyl sites for hydroxylation is 1. The fourth-order valence-corrected chi connectivity index (χ4v) is 2.09. The third-order valence-electron chi connectivity index (χ3n) is 3.03. The van der Waals surface area contributed by atoms with Crippen LogP contribution in [0.1, 0.15) is 16.7 Å². The van der Waals surface area contributed by atoms with E-state index >= 15 is 0 Å². The number of nitrogens with zero attached hydrogens (tertiary/aromatic N) is 1.